The summed E-state index contributed by atoms with van der Waals surface area (Å²) in [5.41, 5.74) is 4.91. The van der Waals surface area contributed by atoms with E-state index in [0.717, 1.165) is 9.88 Å². The molecule has 2 aliphatic heterocycles. The van der Waals surface area contributed by atoms with Crippen LogP contribution in [0.25, 0.3) is 32.9 Å². The molecule has 0 radical (unpaired) electrons. The molecule has 2 aromatic carbocycles. The van der Waals surface area contributed by atoms with Crippen LogP contribution in [0.2, 0.25) is 0 Å². The molecule has 2 amide bonds. The van der Waals surface area contributed by atoms with Crippen LogP contribution in [0.1, 0.15) is 29.9 Å². The maximum absolute atomic E-state index is 12.9. The molecule has 33 heavy (non-hydrogen) atoms. The quantitative estimate of drug-likeness (QED) is 0.198. The fourth-order valence-electron chi connectivity index (χ4n) is 5.08. The molecule has 2 aliphatic rings. The molecule has 0 bridgehead atoms. The van der Waals surface area contributed by atoms with E-state index in [1.807, 2.05) is 0 Å². The van der Waals surface area contributed by atoms with Crippen molar-refractivity contribution in [2.75, 3.05) is 14.1 Å². The number of fused-ring (bicyclic) bond motifs is 5. The number of rotatable bonds is 1. The van der Waals surface area contributed by atoms with Crippen molar-refractivity contribution < 1.29 is 9.59 Å². The second-order valence-electron chi connectivity index (χ2n) is 9.12. The molecule has 0 unspecified atom stereocenters. The van der Waals surface area contributed by atoms with Crippen molar-refractivity contribution in [3.05, 3.63) is 70.1 Å². The molecule has 0 saturated carbocycles. The number of carbonyl (C=O) groups excluding carboxylic acids is 2. The van der Waals surface area contributed by atoms with Crippen molar-refractivity contribution in [2.24, 2.45) is 0 Å². The van der Waals surface area contributed by atoms with Gasteiger partial charge in [0.2, 0.25) is 0 Å². The van der Waals surface area contributed by atoms with Crippen LogP contribution in [0.3, 0.4) is 0 Å². The Labute approximate surface area is 208 Å². The summed E-state index contributed by atoms with van der Waals surface area (Å²) in [4.78, 5) is 29.8. The van der Waals surface area contributed by atoms with Crippen molar-refractivity contribution in [2.45, 2.75) is 19.3 Å². The van der Waals surface area contributed by atoms with E-state index in [2.05, 4.69) is 66.9 Å². The van der Waals surface area contributed by atoms with Crippen molar-refractivity contribution in [3.8, 4) is 5.00 Å². The van der Waals surface area contributed by atoms with E-state index in [1.165, 1.54) is 42.7 Å². The Balaban J connectivity index is 1.62. The van der Waals surface area contributed by atoms with Crippen molar-refractivity contribution in [1.82, 2.24) is 14.4 Å². The van der Waals surface area contributed by atoms with E-state index < -0.39 is 0 Å². The summed E-state index contributed by atoms with van der Waals surface area (Å²) in [6, 6.07) is 17.2. The number of likely N-dealkylation sites (N-methyl/N-ethyl adjacent to an activating group) is 2. The Morgan fingerprint density at radius 2 is 1.58 bits per heavy atom. The third-order valence-electron chi connectivity index (χ3n) is 6.91. The van der Waals surface area contributed by atoms with Gasteiger partial charge in [0.25, 0.3) is 0 Å². The van der Waals surface area contributed by atoms with Crippen LogP contribution in [-0.2, 0) is 15.0 Å². The van der Waals surface area contributed by atoms with E-state index in [4.69, 9.17) is 0 Å². The summed E-state index contributed by atoms with van der Waals surface area (Å²) in [6.45, 7) is 4.51. The molecule has 1 fully saturated rings. The molecular weight excluding hydrogens is 546 g/mol. The van der Waals surface area contributed by atoms with Crippen LogP contribution < -0.4 is 0 Å². The molecule has 164 valence electrons. The topological polar surface area (TPSA) is 45.6 Å². The Morgan fingerprint density at radius 1 is 0.909 bits per heavy atom. The molecule has 0 N–H and O–H groups in total. The third kappa shape index (κ3) is 2.67. The molecule has 6 rings (SSSR count). The van der Waals surface area contributed by atoms with Crippen LogP contribution in [0.4, 0.5) is 0 Å². The zero-order valence-electron chi connectivity index (χ0n) is 18.7. The predicted octanol–water partition coefficient (Wildman–Crippen LogP) is 4.05. The van der Waals surface area contributed by atoms with E-state index in [1.54, 1.807) is 53.3 Å². The molecule has 0 atom stereocenters. The van der Waals surface area contributed by atoms with Crippen molar-refractivity contribution in [3.63, 3.8) is 0 Å². The SMILES string of the molecule is CN1C(=O)C(=Cc2cc3c(s2)-n2c4ccccc4c4cccc(c42)C3(C)C)C(=O)N(C)C1=[Te]. The number of benzene rings is 2. The summed E-state index contributed by atoms with van der Waals surface area (Å²) < 4.78 is 3.00. The van der Waals surface area contributed by atoms with E-state index >= 15 is 0 Å². The van der Waals surface area contributed by atoms with Crippen LogP contribution in [0.5, 0.6) is 0 Å². The molecule has 4 heterocycles. The van der Waals surface area contributed by atoms with Gasteiger partial charge in [-0.3, -0.25) is 0 Å². The van der Waals surface area contributed by atoms with Gasteiger partial charge in [-0.05, 0) is 0 Å². The predicted molar refractivity (Wildman–Crippen MR) is 135 cm³/mol. The van der Waals surface area contributed by atoms with Crippen LogP contribution in [-0.4, -0.2) is 65.9 Å². The summed E-state index contributed by atoms with van der Waals surface area (Å²) in [6.07, 6.45) is 1.76. The van der Waals surface area contributed by atoms with Crippen LogP contribution in [0, 0.1) is 0 Å². The van der Waals surface area contributed by atoms with Gasteiger partial charge in [-0.15, -0.1) is 0 Å². The monoisotopic (exact) mass is 569 g/mol. The van der Waals surface area contributed by atoms with Crippen molar-refractivity contribution >= 4 is 76.7 Å². The Morgan fingerprint density at radius 3 is 2.30 bits per heavy atom. The number of hydrogen-bond acceptors (Lipinski definition) is 3. The van der Waals surface area contributed by atoms with Gasteiger partial charge in [0.05, 0.1) is 0 Å². The molecule has 7 heteroatoms. The number of nitrogens with zero attached hydrogens (tertiary/aromatic N) is 3. The van der Waals surface area contributed by atoms with Crippen LogP contribution in [0.15, 0.2) is 54.1 Å². The van der Waals surface area contributed by atoms with E-state index in [-0.39, 0.29) is 22.8 Å². The Hall–Kier alpha value is -2.72. The van der Waals surface area contributed by atoms with Gasteiger partial charge in [0.15, 0.2) is 0 Å². The fraction of sp³-hybridized carbons (Fsp3) is 0.192. The number of carbonyl (C=O) groups is 2. The average Bonchev–Trinajstić information content (AvgIpc) is 3.38. The Kier molecular flexibility index (Phi) is 4.36. The zero-order chi connectivity index (χ0) is 23.2. The first kappa shape index (κ1) is 20.9. The van der Waals surface area contributed by atoms with E-state index in [0.29, 0.717) is 3.80 Å². The molecule has 2 aromatic heterocycles. The fourth-order valence-corrected chi connectivity index (χ4v) is 6.84. The first-order chi connectivity index (χ1) is 15.7. The standard InChI is InChI=1S/C26H21N3O2STe/c1-26(2)18-10-7-9-16-15-8-5-6-11-20(15)29(21(16)18)24-19(26)13-14(32-24)12-17-22(30)27(3)25(33)28(4)23(17)31/h5-13H,1-4H3. The molecule has 0 aliphatic carbocycles. The van der Waals surface area contributed by atoms with Gasteiger partial charge in [-0.2, -0.15) is 0 Å². The second-order valence-corrected chi connectivity index (χ2v) is 11.2. The van der Waals surface area contributed by atoms with Crippen LogP contribution >= 0.6 is 11.3 Å². The number of hydrogen-bond donors (Lipinski definition) is 0. The molecule has 5 nitrogen and oxygen atoms in total. The number of thiophene rings is 1. The summed E-state index contributed by atoms with van der Waals surface area (Å²) in [5, 5.41) is 3.64. The first-order valence-corrected chi connectivity index (χ1v) is 12.7. The van der Waals surface area contributed by atoms with Gasteiger partial charge in [0.1, 0.15) is 0 Å². The van der Waals surface area contributed by atoms with Gasteiger partial charge in [0, 0.05) is 0 Å². The van der Waals surface area contributed by atoms with Gasteiger partial charge in [-0.25, -0.2) is 0 Å². The molecule has 1 saturated heterocycles. The van der Waals surface area contributed by atoms with Crippen molar-refractivity contribution in [1.29, 1.82) is 0 Å². The minimum atomic E-state index is -0.263. The number of aromatic nitrogens is 1. The second kappa shape index (κ2) is 6.89. The summed E-state index contributed by atoms with van der Waals surface area (Å²) in [5.74, 6) is -0.526. The third-order valence-corrected chi connectivity index (χ3v) is 9.54. The molecule has 4 aromatic rings. The first-order valence-electron chi connectivity index (χ1n) is 10.7. The maximum atomic E-state index is 12.9. The number of para-hydroxylation sites is 2. The minimum absolute atomic E-state index is 0.198. The van der Waals surface area contributed by atoms with Gasteiger partial charge < -0.3 is 0 Å². The zero-order valence-corrected chi connectivity index (χ0v) is 21.8. The van der Waals surface area contributed by atoms with Gasteiger partial charge in [-0.1, -0.05) is 6.07 Å². The average molecular weight is 567 g/mol. The Bertz CT molecular complexity index is 1560. The number of amides is 2. The molecule has 0 spiro atoms. The van der Waals surface area contributed by atoms with E-state index in [9.17, 15) is 9.59 Å². The molecular formula is C26H21N3O2STe. The summed E-state index contributed by atoms with van der Waals surface area (Å²) in [7, 11) is 3.41. The summed E-state index contributed by atoms with van der Waals surface area (Å²) >= 11 is 3.33. The van der Waals surface area contributed by atoms with Gasteiger partial charge >= 0.3 is 203 Å². The normalized spacial score (nSPS) is 17.3.